The average molecular weight is 424 g/mol. The van der Waals surface area contributed by atoms with E-state index in [2.05, 4.69) is 30.2 Å². The molecular formula is C20H21N7O2S. The minimum atomic E-state index is -2.95. The molecule has 0 atom stereocenters. The summed E-state index contributed by atoms with van der Waals surface area (Å²) >= 11 is 0. The largest absolute Gasteiger partial charge is 0.338 e. The van der Waals surface area contributed by atoms with E-state index in [1.54, 1.807) is 18.6 Å². The van der Waals surface area contributed by atoms with Crippen LogP contribution in [0.25, 0.3) is 21.9 Å². The van der Waals surface area contributed by atoms with Crippen molar-refractivity contribution in [3.8, 4) is 0 Å². The highest BCUT2D eigenvalue weighted by molar-refractivity contribution is 7.90. The summed E-state index contributed by atoms with van der Waals surface area (Å²) in [6.07, 6.45) is 7.37. The maximum atomic E-state index is 11.4. The summed E-state index contributed by atoms with van der Waals surface area (Å²) < 4.78 is 22.8. The van der Waals surface area contributed by atoms with Crippen LogP contribution in [-0.2, 0) is 22.8 Å². The van der Waals surface area contributed by atoms with Crippen molar-refractivity contribution >= 4 is 43.5 Å². The monoisotopic (exact) mass is 423 g/mol. The molecule has 0 bridgehead atoms. The van der Waals surface area contributed by atoms with Crippen LogP contribution in [0.5, 0.6) is 0 Å². The molecule has 0 spiro atoms. The molecule has 0 unspecified atom stereocenters. The fourth-order valence-corrected chi connectivity index (χ4v) is 4.33. The van der Waals surface area contributed by atoms with Gasteiger partial charge in [0.15, 0.2) is 0 Å². The highest BCUT2D eigenvalue weighted by atomic mass is 32.2. The molecule has 1 aliphatic rings. The molecule has 0 radical (unpaired) electrons. The maximum absolute atomic E-state index is 11.4. The van der Waals surface area contributed by atoms with Gasteiger partial charge >= 0.3 is 0 Å². The molecule has 5 heterocycles. The van der Waals surface area contributed by atoms with Crippen LogP contribution < -0.4 is 5.32 Å². The predicted octanol–water partition coefficient (Wildman–Crippen LogP) is 2.05. The Kier molecular flexibility index (Phi) is 4.59. The number of pyridine rings is 2. The Morgan fingerprint density at radius 1 is 1.17 bits per heavy atom. The molecule has 5 rings (SSSR count). The molecule has 0 saturated heterocycles. The molecular weight excluding hydrogens is 402 g/mol. The number of fused-ring (bicyclic) bond motifs is 4. The first-order valence-corrected chi connectivity index (χ1v) is 11.7. The van der Waals surface area contributed by atoms with Gasteiger partial charge in [-0.05, 0) is 17.7 Å². The molecule has 0 aliphatic carbocycles. The molecule has 10 heteroatoms. The van der Waals surface area contributed by atoms with Crippen molar-refractivity contribution in [2.45, 2.75) is 13.0 Å². The summed E-state index contributed by atoms with van der Waals surface area (Å²) in [5, 5.41) is 5.18. The molecule has 0 amide bonds. The third-order valence-electron chi connectivity index (χ3n) is 5.30. The second-order valence-corrected chi connectivity index (χ2v) is 9.85. The molecule has 4 aromatic rings. The lowest BCUT2D eigenvalue weighted by molar-refractivity contribution is 0.267. The van der Waals surface area contributed by atoms with E-state index in [9.17, 15) is 8.42 Å². The summed E-state index contributed by atoms with van der Waals surface area (Å²) in [6, 6.07) is 5.88. The Morgan fingerprint density at radius 3 is 2.93 bits per heavy atom. The van der Waals surface area contributed by atoms with Crippen molar-refractivity contribution in [2.75, 3.05) is 30.4 Å². The SMILES string of the molecule is CS(=O)(=O)CCN1CCc2nc(Nc3ncc4c(n3)[nH]c3cnccc34)ccc2C1. The Balaban J connectivity index is 1.33. The van der Waals surface area contributed by atoms with Gasteiger partial charge in [-0.3, -0.25) is 9.88 Å². The fraction of sp³-hybridized carbons (Fsp3) is 0.300. The topological polar surface area (TPSA) is 117 Å². The average Bonchev–Trinajstić information content (AvgIpc) is 3.09. The summed E-state index contributed by atoms with van der Waals surface area (Å²) in [4.78, 5) is 23.3. The zero-order valence-electron chi connectivity index (χ0n) is 16.5. The van der Waals surface area contributed by atoms with Gasteiger partial charge in [-0.25, -0.2) is 18.4 Å². The van der Waals surface area contributed by atoms with Gasteiger partial charge in [0.05, 0.1) is 17.5 Å². The third-order valence-corrected chi connectivity index (χ3v) is 6.22. The number of hydrogen-bond acceptors (Lipinski definition) is 8. The standard InChI is InChI=1S/C20H21N7O2S/c1-30(28,29)9-8-27-7-5-16-13(12-27)2-3-18(23-16)25-20-22-10-15-14-4-6-21-11-17(14)24-19(15)26-20/h2-4,6,10-11H,5,7-9,12H2,1H3,(H2,22,23,24,25,26). The van der Waals surface area contributed by atoms with Gasteiger partial charge in [0.1, 0.15) is 21.3 Å². The molecule has 1 aliphatic heterocycles. The minimum Gasteiger partial charge on any atom is -0.338 e. The van der Waals surface area contributed by atoms with Gasteiger partial charge in [-0.1, -0.05) is 6.07 Å². The van der Waals surface area contributed by atoms with Gasteiger partial charge in [0.25, 0.3) is 0 Å². The van der Waals surface area contributed by atoms with Gasteiger partial charge in [-0.15, -0.1) is 0 Å². The van der Waals surface area contributed by atoms with Crippen LogP contribution in [0.15, 0.2) is 36.8 Å². The Bertz CT molecular complexity index is 1350. The normalized spacial score (nSPS) is 14.8. The summed E-state index contributed by atoms with van der Waals surface area (Å²) in [5.74, 6) is 1.34. The Labute approximate surface area is 173 Å². The second kappa shape index (κ2) is 7.29. The number of nitrogens with zero attached hydrogens (tertiary/aromatic N) is 5. The van der Waals surface area contributed by atoms with Crippen LogP contribution >= 0.6 is 0 Å². The maximum Gasteiger partial charge on any atom is 0.230 e. The number of anilines is 2. The zero-order chi connectivity index (χ0) is 20.7. The lowest BCUT2D eigenvalue weighted by Crippen LogP contribution is -2.34. The van der Waals surface area contributed by atoms with E-state index in [1.165, 1.54) is 6.26 Å². The predicted molar refractivity (Wildman–Crippen MR) is 115 cm³/mol. The van der Waals surface area contributed by atoms with Crippen LogP contribution in [0, 0.1) is 0 Å². The molecule has 9 nitrogen and oxygen atoms in total. The zero-order valence-corrected chi connectivity index (χ0v) is 17.3. The number of sulfone groups is 1. The lowest BCUT2D eigenvalue weighted by atomic mass is 10.1. The summed E-state index contributed by atoms with van der Waals surface area (Å²) in [5.41, 5.74) is 3.81. The van der Waals surface area contributed by atoms with E-state index in [0.29, 0.717) is 24.9 Å². The van der Waals surface area contributed by atoms with Crippen molar-refractivity contribution in [3.05, 3.63) is 48.0 Å². The van der Waals surface area contributed by atoms with Gasteiger partial charge < -0.3 is 10.3 Å². The van der Waals surface area contributed by atoms with Crippen molar-refractivity contribution < 1.29 is 8.42 Å². The first-order chi connectivity index (χ1) is 14.4. The van der Waals surface area contributed by atoms with Gasteiger partial charge in [-0.2, -0.15) is 4.98 Å². The second-order valence-electron chi connectivity index (χ2n) is 7.59. The first kappa shape index (κ1) is 18.9. The molecule has 4 aromatic heterocycles. The van der Waals surface area contributed by atoms with Crippen molar-refractivity contribution in [1.29, 1.82) is 0 Å². The number of rotatable bonds is 5. The van der Waals surface area contributed by atoms with Crippen molar-refractivity contribution in [1.82, 2.24) is 29.8 Å². The highest BCUT2D eigenvalue weighted by Gasteiger charge is 2.19. The van der Waals surface area contributed by atoms with Crippen LogP contribution in [0.4, 0.5) is 11.8 Å². The van der Waals surface area contributed by atoms with Crippen LogP contribution in [0.2, 0.25) is 0 Å². The summed E-state index contributed by atoms with van der Waals surface area (Å²) in [7, 11) is -2.95. The number of H-pyrrole nitrogens is 1. The minimum absolute atomic E-state index is 0.180. The molecule has 0 fully saturated rings. The molecule has 2 N–H and O–H groups in total. The highest BCUT2D eigenvalue weighted by Crippen LogP contribution is 2.25. The molecule has 0 aromatic carbocycles. The summed E-state index contributed by atoms with van der Waals surface area (Å²) in [6.45, 7) is 2.06. The number of nitrogens with one attached hydrogen (secondary N) is 2. The van der Waals surface area contributed by atoms with E-state index < -0.39 is 9.84 Å². The fourth-order valence-electron chi connectivity index (χ4n) is 3.74. The van der Waals surface area contributed by atoms with Crippen LogP contribution in [0.1, 0.15) is 11.3 Å². The molecule has 30 heavy (non-hydrogen) atoms. The van der Waals surface area contributed by atoms with Crippen LogP contribution in [0.3, 0.4) is 0 Å². The van der Waals surface area contributed by atoms with Crippen LogP contribution in [-0.4, -0.2) is 63.3 Å². The van der Waals surface area contributed by atoms with E-state index in [0.717, 1.165) is 46.2 Å². The van der Waals surface area contributed by atoms with Crippen molar-refractivity contribution in [3.63, 3.8) is 0 Å². The Hall–Kier alpha value is -3.11. The van der Waals surface area contributed by atoms with E-state index in [1.807, 2.05) is 18.2 Å². The van der Waals surface area contributed by atoms with Crippen molar-refractivity contribution in [2.24, 2.45) is 0 Å². The number of aromatic nitrogens is 5. The van der Waals surface area contributed by atoms with Gasteiger partial charge in [0, 0.05) is 61.2 Å². The number of hydrogen-bond donors (Lipinski definition) is 2. The lowest BCUT2D eigenvalue weighted by Gasteiger charge is -2.28. The van der Waals surface area contributed by atoms with Gasteiger partial charge in [0.2, 0.25) is 5.95 Å². The Morgan fingerprint density at radius 2 is 2.07 bits per heavy atom. The van der Waals surface area contributed by atoms with E-state index in [-0.39, 0.29) is 5.75 Å². The number of aromatic amines is 1. The molecule has 154 valence electrons. The first-order valence-electron chi connectivity index (χ1n) is 9.69. The van der Waals surface area contributed by atoms with E-state index >= 15 is 0 Å². The smallest absolute Gasteiger partial charge is 0.230 e. The molecule has 0 saturated carbocycles. The van der Waals surface area contributed by atoms with E-state index in [4.69, 9.17) is 4.98 Å². The third kappa shape index (κ3) is 3.83. The quantitative estimate of drug-likeness (QED) is 0.501.